The second kappa shape index (κ2) is 24.5. The summed E-state index contributed by atoms with van der Waals surface area (Å²) in [7, 11) is 8.61. The van der Waals surface area contributed by atoms with Crippen LogP contribution in [0.5, 0.6) is 0 Å². The van der Waals surface area contributed by atoms with E-state index in [-0.39, 0.29) is 66.0 Å². The van der Waals surface area contributed by atoms with E-state index in [1.807, 2.05) is 127 Å². The molecule has 2 aromatic rings. The Hall–Kier alpha value is -4.13. The summed E-state index contributed by atoms with van der Waals surface area (Å²) >= 11 is 0. The summed E-state index contributed by atoms with van der Waals surface area (Å²) < 4.78 is 12.1. The number of Topliss-reactive ketones (excluding diaryl/α,β-unsaturated/α-hetero) is 1. The molecule has 1 fully saturated rings. The van der Waals surface area contributed by atoms with Gasteiger partial charge in [0.05, 0.1) is 36.8 Å². The lowest BCUT2D eigenvalue weighted by molar-refractivity contribution is -0.148. The van der Waals surface area contributed by atoms with Crippen molar-refractivity contribution in [1.29, 1.82) is 0 Å². The molecule has 2 N–H and O–H groups in total. The van der Waals surface area contributed by atoms with Gasteiger partial charge in [0.15, 0.2) is 0 Å². The van der Waals surface area contributed by atoms with Gasteiger partial charge in [-0.25, -0.2) is 0 Å². The van der Waals surface area contributed by atoms with Gasteiger partial charge in [-0.3, -0.25) is 28.9 Å². The Balaban J connectivity index is 1.79. The number of carbonyl (C=O) groups is 5. The second-order valence-electron chi connectivity index (χ2n) is 18.2. The minimum atomic E-state index is -0.769. The standard InChI is InChI=1S/C49H77N5O7/c1-14-34(7)45(53(11)49(59)43(31(2)3)51-48(58)44(32(4)5)52(9)10)41(60-12)29-42(56)54-26-18-21-39(54)46(61-13)35(8)40(55)28-38(27-36-19-16-15-17-20-36)47(57)50-30-37-24-22-33(6)23-25-37/h15-17,19-20,22-25,31-32,34-35,38-39,41,43-46H,14,18,21,26-30H2,1-13H3,(H,50,57)(H,51,58)/t34-,35-,38+,39-,41+,43-,44-,45-,46+/m0/s1. The van der Waals surface area contributed by atoms with E-state index in [0.29, 0.717) is 25.9 Å². The topological polar surface area (TPSA) is 138 Å². The van der Waals surface area contributed by atoms with Crippen LogP contribution in [0.4, 0.5) is 0 Å². The molecule has 0 bridgehead atoms. The summed E-state index contributed by atoms with van der Waals surface area (Å²) in [5.74, 6) is -2.20. The Labute approximate surface area is 366 Å². The maximum atomic E-state index is 14.4. The summed E-state index contributed by atoms with van der Waals surface area (Å²) in [5, 5.41) is 6.11. The van der Waals surface area contributed by atoms with Gasteiger partial charge in [-0.15, -0.1) is 0 Å². The monoisotopic (exact) mass is 848 g/mol. The molecule has 1 aliphatic heterocycles. The maximum absolute atomic E-state index is 14.4. The van der Waals surface area contributed by atoms with E-state index in [1.165, 1.54) is 0 Å². The third kappa shape index (κ3) is 14.2. The van der Waals surface area contributed by atoms with Crippen LogP contribution in [0.25, 0.3) is 0 Å². The summed E-state index contributed by atoms with van der Waals surface area (Å²) in [6.45, 7) is 16.6. The summed E-state index contributed by atoms with van der Waals surface area (Å²) in [6.07, 6.45) is 1.39. The Bertz CT molecular complexity index is 1690. The highest BCUT2D eigenvalue weighted by Crippen LogP contribution is 2.31. The fourth-order valence-electron chi connectivity index (χ4n) is 9.07. The normalized spacial score (nSPS) is 18.2. The Morgan fingerprint density at radius 3 is 2.00 bits per heavy atom. The summed E-state index contributed by atoms with van der Waals surface area (Å²) in [5.41, 5.74) is 3.09. The van der Waals surface area contributed by atoms with Crippen molar-refractivity contribution in [3.63, 3.8) is 0 Å². The molecule has 2 aromatic carbocycles. The highest BCUT2D eigenvalue weighted by atomic mass is 16.5. The third-order valence-electron chi connectivity index (χ3n) is 12.8. The van der Waals surface area contributed by atoms with Crippen molar-refractivity contribution in [2.75, 3.05) is 41.9 Å². The summed E-state index contributed by atoms with van der Waals surface area (Å²) in [4.78, 5) is 75.5. The summed E-state index contributed by atoms with van der Waals surface area (Å²) in [6, 6.07) is 15.7. The zero-order chi connectivity index (χ0) is 45.6. The molecule has 61 heavy (non-hydrogen) atoms. The van der Waals surface area contributed by atoms with Crippen LogP contribution in [0.3, 0.4) is 0 Å². The fraction of sp³-hybridized carbons (Fsp3) is 0.653. The zero-order valence-electron chi connectivity index (χ0n) is 39.4. The number of ether oxygens (including phenoxy) is 2. The van der Waals surface area contributed by atoms with Crippen molar-refractivity contribution in [3.8, 4) is 0 Å². The lowest BCUT2D eigenvalue weighted by atomic mass is 9.85. The lowest BCUT2D eigenvalue weighted by Gasteiger charge is -2.41. The Morgan fingerprint density at radius 2 is 1.46 bits per heavy atom. The minimum Gasteiger partial charge on any atom is -0.379 e. The van der Waals surface area contributed by atoms with E-state index < -0.39 is 42.2 Å². The average molecular weight is 848 g/mol. The zero-order valence-corrected chi connectivity index (χ0v) is 39.4. The first kappa shape index (κ1) is 51.2. The van der Waals surface area contributed by atoms with Crippen molar-refractivity contribution >= 4 is 29.4 Å². The molecular weight excluding hydrogens is 771 g/mol. The predicted molar refractivity (Wildman–Crippen MR) is 241 cm³/mol. The number of methoxy groups -OCH3 is 2. The quantitative estimate of drug-likeness (QED) is 0.130. The van der Waals surface area contributed by atoms with Crippen LogP contribution < -0.4 is 10.6 Å². The van der Waals surface area contributed by atoms with Gasteiger partial charge in [0, 0.05) is 52.6 Å². The third-order valence-corrected chi connectivity index (χ3v) is 12.8. The van der Waals surface area contributed by atoms with Gasteiger partial charge in [-0.2, -0.15) is 0 Å². The number of ketones is 1. The predicted octanol–water partition coefficient (Wildman–Crippen LogP) is 6.08. The van der Waals surface area contributed by atoms with Gasteiger partial charge in [-0.1, -0.05) is 115 Å². The highest BCUT2D eigenvalue weighted by molar-refractivity contribution is 5.90. The van der Waals surface area contributed by atoms with E-state index in [9.17, 15) is 24.0 Å². The first-order valence-electron chi connectivity index (χ1n) is 22.3. The maximum Gasteiger partial charge on any atom is 0.245 e. The van der Waals surface area contributed by atoms with Gasteiger partial charge in [0.1, 0.15) is 11.8 Å². The molecule has 9 atom stereocenters. The van der Waals surface area contributed by atoms with Crippen molar-refractivity contribution < 1.29 is 33.4 Å². The molecule has 0 unspecified atom stereocenters. The fourth-order valence-corrected chi connectivity index (χ4v) is 9.07. The molecular formula is C49H77N5O7. The number of rotatable bonds is 24. The highest BCUT2D eigenvalue weighted by Gasteiger charge is 2.43. The van der Waals surface area contributed by atoms with Gasteiger partial charge in [-0.05, 0) is 69.2 Å². The van der Waals surface area contributed by atoms with Gasteiger partial charge in [0.2, 0.25) is 23.6 Å². The molecule has 12 nitrogen and oxygen atoms in total. The number of aryl methyl sites for hydroxylation is 1. The van der Waals surface area contributed by atoms with Crippen LogP contribution in [0, 0.1) is 36.5 Å². The number of likely N-dealkylation sites (N-methyl/N-ethyl adjacent to an activating group) is 2. The van der Waals surface area contributed by atoms with Crippen LogP contribution in [0.15, 0.2) is 54.6 Å². The lowest BCUT2D eigenvalue weighted by Crippen LogP contribution is -2.59. The molecule has 1 aliphatic rings. The van der Waals surface area contributed by atoms with Crippen molar-refractivity contribution in [2.45, 2.75) is 137 Å². The SMILES string of the molecule is CC[C@H](C)[C@@H]([C@@H](CC(=O)N1CCC[C@H]1[C@H](OC)[C@@H](C)C(=O)C[C@@H](Cc1ccccc1)C(=O)NCc1ccc(C)cc1)OC)N(C)C(=O)[C@@H](NC(=O)[C@H](C(C)C)N(C)C)C(C)C. The van der Waals surface area contributed by atoms with Crippen molar-refractivity contribution in [1.82, 2.24) is 25.3 Å². The van der Waals surface area contributed by atoms with Crippen LogP contribution in [-0.4, -0.2) is 122 Å². The molecule has 0 spiro atoms. The number of nitrogens with one attached hydrogen (secondary N) is 2. The number of carbonyl (C=O) groups excluding carboxylic acids is 5. The van der Waals surface area contributed by atoms with E-state index in [0.717, 1.165) is 29.5 Å². The first-order chi connectivity index (χ1) is 28.9. The van der Waals surface area contributed by atoms with E-state index in [1.54, 1.807) is 26.2 Å². The molecule has 4 amide bonds. The average Bonchev–Trinajstić information content (AvgIpc) is 3.71. The van der Waals surface area contributed by atoms with Crippen molar-refractivity contribution in [2.24, 2.45) is 29.6 Å². The molecule has 0 aliphatic carbocycles. The second-order valence-corrected chi connectivity index (χ2v) is 18.2. The van der Waals surface area contributed by atoms with Gasteiger partial charge in [0.25, 0.3) is 0 Å². The van der Waals surface area contributed by atoms with E-state index in [4.69, 9.17) is 9.47 Å². The number of amides is 4. The van der Waals surface area contributed by atoms with Crippen LogP contribution in [0.1, 0.15) is 97.3 Å². The van der Waals surface area contributed by atoms with Crippen molar-refractivity contribution in [3.05, 3.63) is 71.3 Å². The Morgan fingerprint density at radius 1 is 0.820 bits per heavy atom. The van der Waals surface area contributed by atoms with E-state index in [2.05, 4.69) is 17.6 Å². The van der Waals surface area contributed by atoms with Crippen LogP contribution >= 0.6 is 0 Å². The number of likely N-dealkylation sites (tertiary alicyclic amines) is 1. The molecule has 1 saturated heterocycles. The minimum absolute atomic E-state index is 0.0213. The number of benzene rings is 2. The van der Waals surface area contributed by atoms with Crippen LogP contribution in [-0.2, 0) is 46.4 Å². The molecule has 1 heterocycles. The molecule has 12 heteroatoms. The number of hydrogen-bond donors (Lipinski definition) is 2. The molecule has 0 aromatic heterocycles. The van der Waals surface area contributed by atoms with Gasteiger partial charge >= 0.3 is 0 Å². The smallest absolute Gasteiger partial charge is 0.245 e. The Kier molecular flexibility index (Phi) is 20.6. The van der Waals surface area contributed by atoms with E-state index >= 15 is 0 Å². The largest absolute Gasteiger partial charge is 0.379 e. The molecule has 3 rings (SSSR count). The molecule has 0 saturated carbocycles. The molecule has 340 valence electrons. The number of hydrogen-bond acceptors (Lipinski definition) is 8. The number of nitrogens with zero attached hydrogens (tertiary/aromatic N) is 3. The first-order valence-corrected chi connectivity index (χ1v) is 22.3. The van der Waals surface area contributed by atoms with Crippen LogP contribution in [0.2, 0.25) is 0 Å². The molecule has 0 radical (unpaired) electrons. The van der Waals surface area contributed by atoms with Gasteiger partial charge < -0.3 is 29.9 Å².